The molecule has 1 heterocycles. The number of aliphatic hydroxyl groups is 1. The molecule has 2 rings (SSSR count). The maximum Gasteiger partial charge on any atom is 0.264 e. The molecular weight excluding hydrogens is 242 g/mol. The van der Waals surface area contributed by atoms with Crippen molar-refractivity contribution in [1.82, 2.24) is 0 Å². The van der Waals surface area contributed by atoms with Gasteiger partial charge in [0.1, 0.15) is 5.78 Å². The minimum Gasteiger partial charge on any atom is -0.375 e. The van der Waals surface area contributed by atoms with Gasteiger partial charge in [0, 0.05) is 18.0 Å². The van der Waals surface area contributed by atoms with E-state index in [-0.39, 0.29) is 18.2 Å². The fraction of sp³-hybridized carbons (Fsp3) is 0.467. The molecule has 1 aromatic carbocycles. The van der Waals surface area contributed by atoms with Gasteiger partial charge in [-0.2, -0.15) is 0 Å². The highest BCUT2D eigenvalue weighted by Crippen LogP contribution is 2.45. The normalized spacial score (nSPS) is 22.0. The van der Waals surface area contributed by atoms with Gasteiger partial charge in [0.15, 0.2) is 5.60 Å². The van der Waals surface area contributed by atoms with Gasteiger partial charge < -0.3 is 10.0 Å². The van der Waals surface area contributed by atoms with Gasteiger partial charge in [0.25, 0.3) is 5.91 Å². The molecule has 1 N–H and O–H groups in total. The van der Waals surface area contributed by atoms with Crippen molar-refractivity contribution in [3.63, 3.8) is 0 Å². The Balaban J connectivity index is 2.66. The minimum atomic E-state index is -1.71. The van der Waals surface area contributed by atoms with Gasteiger partial charge in [0.2, 0.25) is 0 Å². The lowest BCUT2D eigenvalue weighted by atomic mass is 9.89. The Morgan fingerprint density at radius 2 is 2.05 bits per heavy atom. The zero-order chi connectivity index (χ0) is 14.4. The fourth-order valence-electron chi connectivity index (χ4n) is 2.75. The van der Waals surface area contributed by atoms with E-state index in [1.54, 1.807) is 17.0 Å². The van der Waals surface area contributed by atoms with Crippen LogP contribution < -0.4 is 4.90 Å². The van der Waals surface area contributed by atoms with Crippen LogP contribution in [0.1, 0.15) is 38.3 Å². The molecule has 0 fully saturated rings. The second-order valence-corrected chi connectivity index (χ2v) is 5.48. The molecule has 0 spiro atoms. The molecular formula is C15H19NO3. The Kier molecular flexibility index (Phi) is 3.22. The number of aryl methyl sites for hydroxylation is 1. The van der Waals surface area contributed by atoms with Gasteiger partial charge in [-0.05, 0) is 33.3 Å². The van der Waals surface area contributed by atoms with Crippen LogP contribution >= 0.6 is 0 Å². The summed E-state index contributed by atoms with van der Waals surface area (Å²) in [6.07, 6.45) is -0.175. The summed E-state index contributed by atoms with van der Waals surface area (Å²) in [5.41, 5.74) is 0.504. The number of hydrogen-bond acceptors (Lipinski definition) is 3. The van der Waals surface area contributed by atoms with Crippen molar-refractivity contribution in [2.24, 2.45) is 0 Å². The van der Waals surface area contributed by atoms with Crippen molar-refractivity contribution in [1.29, 1.82) is 0 Å². The van der Waals surface area contributed by atoms with Crippen molar-refractivity contribution in [2.45, 2.75) is 45.8 Å². The summed E-state index contributed by atoms with van der Waals surface area (Å²) in [7, 11) is 0. The Morgan fingerprint density at radius 1 is 1.42 bits per heavy atom. The first kappa shape index (κ1) is 13.7. The molecule has 1 aliphatic heterocycles. The number of anilines is 1. The largest absolute Gasteiger partial charge is 0.375 e. The third kappa shape index (κ3) is 1.96. The van der Waals surface area contributed by atoms with Crippen LogP contribution in [-0.2, 0) is 15.2 Å². The lowest BCUT2D eigenvalue weighted by Gasteiger charge is -2.25. The van der Waals surface area contributed by atoms with E-state index in [2.05, 4.69) is 0 Å². The second kappa shape index (κ2) is 4.46. The van der Waals surface area contributed by atoms with Gasteiger partial charge in [-0.1, -0.05) is 18.2 Å². The van der Waals surface area contributed by atoms with Crippen LogP contribution in [0.2, 0.25) is 0 Å². The number of benzene rings is 1. The number of carbonyl (C=O) groups is 2. The smallest absolute Gasteiger partial charge is 0.264 e. The van der Waals surface area contributed by atoms with E-state index in [1.165, 1.54) is 6.92 Å². The average Bonchev–Trinajstić information content (AvgIpc) is 2.50. The molecule has 1 amide bonds. The molecule has 1 atom stereocenters. The number of rotatable bonds is 3. The quantitative estimate of drug-likeness (QED) is 0.904. The average molecular weight is 261 g/mol. The highest BCUT2D eigenvalue weighted by Gasteiger charge is 2.51. The summed E-state index contributed by atoms with van der Waals surface area (Å²) in [5, 5.41) is 10.7. The third-order valence-electron chi connectivity index (χ3n) is 3.52. The van der Waals surface area contributed by atoms with Crippen LogP contribution in [-0.4, -0.2) is 22.8 Å². The van der Waals surface area contributed by atoms with E-state index in [0.29, 0.717) is 5.56 Å². The molecule has 0 radical (unpaired) electrons. The van der Waals surface area contributed by atoms with Crippen molar-refractivity contribution in [3.8, 4) is 0 Å². The lowest BCUT2D eigenvalue weighted by molar-refractivity contribution is -0.141. The molecule has 0 aromatic heterocycles. The molecule has 1 aliphatic rings. The van der Waals surface area contributed by atoms with Gasteiger partial charge in [0.05, 0.1) is 5.69 Å². The standard InChI is InChI=1S/C15H19NO3/c1-9(2)16-13-10(3)6-5-7-12(13)15(19,14(16)18)8-11(4)17/h5-7,9,19H,8H2,1-4H3. The van der Waals surface area contributed by atoms with Gasteiger partial charge >= 0.3 is 0 Å². The molecule has 0 saturated carbocycles. The van der Waals surface area contributed by atoms with E-state index < -0.39 is 11.5 Å². The van der Waals surface area contributed by atoms with Gasteiger partial charge in [-0.25, -0.2) is 0 Å². The van der Waals surface area contributed by atoms with Gasteiger partial charge in [-0.3, -0.25) is 9.59 Å². The van der Waals surface area contributed by atoms with Crippen LogP contribution in [0.15, 0.2) is 18.2 Å². The minimum absolute atomic E-state index is 0.0617. The van der Waals surface area contributed by atoms with Crippen LogP contribution in [0.5, 0.6) is 0 Å². The number of hydrogen-bond donors (Lipinski definition) is 1. The number of amides is 1. The molecule has 1 aromatic rings. The van der Waals surface area contributed by atoms with Crippen molar-refractivity contribution in [2.75, 3.05) is 4.90 Å². The zero-order valence-corrected chi connectivity index (χ0v) is 11.7. The molecule has 0 bridgehead atoms. The number of Topliss-reactive ketones (excluding diaryl/α,β-unsaturated/α-hetero) is 1. The summed E-state index contributed by atoms with van der Waals surface area (Å²) in [6.45, 7) is 7.08. The van der Waals surface area contributed by atoms with E-state index in [0.717, 1.165) is 11.3 Å². The maximum absolute atomic E-state index is 12.5. The summed E-state index contributed by atoms with van der Waals surface area (Å²) < 4.78 is 0. The highest BCUT2D eigenvalue weighted by molar-refractivity contribution is 6.09. The predicted octanol–water partition coefficient (Wildman–Crippen LogP) is 1.92. The number of fused-ring (bicyclic) bond motifs is 1. The summed E-state index contributed by atoms with van der Waals surface area (Å²) in [6, 6.07) is 5.37. The van der Waals surface area contributed by atoms with Gasteiger partial charge in [-0.15, -0.1) is 0 Å². The molecule has 102 valence electrons. The Labute approximate surface area is 113 Å². The molecule has 1 unspecified atom stereocenters. The summed E-state index contributed by atoms with van der Waals surface area (Å²) >= 11 is 0. The predicted molar refractivity (Wildman–Crippen MR) is 73.0 cm³/mol. The summed E-state index contributed by atoms with van der Waals surface area (Å²) in [5.74, 6) is -0.601. The molecule has 0 aliphatic carbocycles. The zero-order valence-electron chi connectivity index (χ0n) is 11.7. The Morgan fingerprint density at radius 3 is 2.58 bits per heavy atom. The van der Waals surface area contributed by atoms with E-state index in [4.69, 9.17) is 0 Å². The van der Waals surface area contributed by atoms with E-state index in [9.17, 15) is 14.7 Å². The summed E-state index contributed by atoms with van der Waals surface area (Å²) in [4.78, 5) is 25.5. The lowest BCUT2D eigenvalue weighted by Crippen LogP contribution is -2.44. The van der Waals surface area contributed by atoms with Crippen molar-refractivity contribution >= 4 is 17.4 Å². The molecule has 4 heteroatoms. The first-order chi connectivity index (χ1) is 8.79. The number of nitrogens with zero attached hydrogens (tertiary/aromatic N) is 1. The number of carbonyl (C=O) groups excluding carboxylic acids is 2. The first-order valence-electron chi connectivity index (χ1n) is 6.44. The highest BCUT2D eigenvalue weighted by atomic mass is 16.3. The van der Waals surface area contributed by atoms with E-state index in [1.807, 2.05) is 26.8 Å². The SMILES string of the molecule is CC(=O)CC1(O)C(=O)N(C(C)C)c2c(C)cccc21. The third-order valence-corrected chi connectivity index (χ3v) is 3.52. The first-order valence-corrected chi connectivity index (χ1v) is 6.44. The Hall–Kier alpha value is -1.68. The maximum atomic E-state index is 12.5. The monoisotopic (exact) mass is 261 g/mol. The molecule has 19 heavy (non-hydrogen) atoms. The van der Waals surface area contributed by atoms with Crippen LogP contribution in [0, 0.1) is 6.92 Å². The topological polar surface area (TPSA) is 57.6 Å². The van der Waals surface area contributed by atoms with Crippen LogP contribution in [0.3, 0.4) is 0 Å². The second-order valence-electron chi connectivity index (χ2n) is 5.48. The van der Waals surface area contributed by atoms with Crippen molar-refractivity contribution in [3.05, 3.63) is 29.3 Å². The van der Waals surface area contributed by atoms with Crippen molar-refractivity contribution < 1.29 is 14.7 Å². The molecule has 4 nitrogen and oxygen atoms in total. The number of ketones is 1. The Bertz CT molecular complexity index is 550. The number of para-hydroxylation sites is 1. The molecule has 0 saturated heterocycles. The van der Waals surface area contributed by atoms with Crippen LogP contribution in [0.25, 0.3) is 0 Å². The van der Waals surface area contributed by atoms with E-state index >= 15 is 0 Å². The van der Waals surface area contributed by atoms with Crippen LogP contribution in [0.4, 0.5) is 5.69 Å². The fourth-order valence-corrected chi connectivity index (χ4v) is 2.75.